The summed E-state index contributed by atoms with van der Waals surface area (Å²) in [5, 5.41) is 0. The minimum absolute atomic E-state index is 0.121. The van der Waals surface area contributed by atoms with E-state index < -0.39 is 0 Å². The van der Waals surface area contributed by atoms with Crippen molar-refractivity contribution < 1.29 is 9.59 Å². The van der Waals surface area contributed by atoms with Crippen molar-refractivity contribution in [3.8, 4) is 0 Å². The Hall–Kier alpha value is -0.220. The summed E-state index contributed by atoms with van der Waals surface area (Å²) in [6, 6.07) is 0. The molecule has 0 unspecified atom stereocenters. The number of allylic oxidation sites excluding steroid dienone is 2. The highest BCUT2D eigenvalue weighted by molar-refractivity contribution is 7.90. The van der Waals surface area contributed by atoms with E-state index in [9.17, 15) is 9.59 Å². The van der Waals surface area contributed by atoms with Gasteiger partial charge in [-0.05, 0) is 13.8 Å². The summed E-state index contributed by atoms with van der Waals surface area (Å²) in [6.07, 6.45) is 0. The number of ketones is 2. The van der Waals surface area contributed by atoms with E-state index in [1.807, 2.05) is 0 Å². The molecule has 56 valence electrons. The van der Waals surface area contributed by atoms with Crippen LogP contribution in [0.15, 0.2) is 9.81 Å². The molecule has 0 rings (SSSR count). The van der Waals surface area contributed by atoms with Gasteiger partial charge < -0.3 is 0 Å². The maximum absolute atomic E-state index is 10.6. The van der Waals surface area contributed by atoms with Crippen LogP contribution in [0.1, 0.15) is 13.8 Å². The van der Waals surface area contributed by atoms with Gasteiger partial charge >= 0.3 is 0 Å². The van der Waals surface area contributed by atoms with Crippen LogP contribution in [0, 0.1) is 0 Å². The Morgan fingerprint density at radius 2 is 1.10 bits per heavy atom. The summed E-state index contributed by atoms with van der Waals surface area (Å²) >= 11 is 7.58. The molecule has 0 aromatic rings. The lowest BCUT2D eigenvalue weighted by Gasteiger charge is -1.96. The first-order valence-corrected chi connectivity index (χ1v) is 3.50. The Morgan fingerprint density at radius 3 is 1.20 bits per heavy atom. The number of carbonyl (C=O) groups is 2. The molecular weight excluding hydrogens is 168 g/mol. The quantitative estimate of drug-likeness (QED) is 0.490. The monoisotopic (exact) mass is 176 g/mol. The standard InChI is InChI=1S/C6H8O2S2/c1-3(7)5(9)6(10)4(2)8/h9-10H,1-2H3. The normalized spacial score (nSPS) is 12.4. The second-order valence-corrected chi connectivity index (χ2v) is 2.70. The SMILES string of the molecule is CC(=O)C(S)=C(S)C(C)=O. The molecule has 0 radical (unpaired) electrons. The highest BCUT2D eigenvalue weighted by Crippen LogP contribution is 2.13. The number of carbonyl (C=O) groups excluding carboxylic acids is 2. The van der Waals surface area contributed by atoms with Crippen LogP contribution in [0.3, 0.4) is 0 Å². The minimum Gasteiger partial charge on any atom is -0.294 e. The van der Waals surface area contributed by atoms with E-state index in [0.717, 1.165) is 0 Å². The molecule has 0 aliphatic carbocycles. The molecule has 4 heteroatoms. The summed E-state index contributed by atoms with van der Waals surface area (Å²) in [5.41, 5.74) is 0. The Balaban J connectivity index is 4.67. The van der Waals surface area contributed by atoms with Gasteiger partial charge in [-0.2, -0.15) is 0 Å². The lowest BCUT2D eigenvalue weighted by Crippen LogP contribution is -1.98. The summed E-state index contributed by atoms with van der Waals surface area (Å²) in [4.78, 5) is 21.4. The molecule has 0 aliphatic rings. The van der Waals surface area contributed by atoms with Gasteiger partial charge in [0, 0.05) is 0 Å². The fourth-order valence-electron chi connectivity index (χ4n) is 0.333. The van der Waals surface area contributed by atoms with Gasteiger partial charge in [0.25, 0.3) is 0 Å². The van der Waals surface area contributed by atoms with E-state index in [1.54, 1.807) is 0 Å². The first kappa shape index (κ1) is 9.78. The molecule has 0 saturated carbocycles. The smallest absolute Gasteiger partial charge is 0.167 e. The van der Waals surface area contributed by atoms with Crippen LogP contribution >= 0.6 is 25.3 Å². The zero-order valence-corrected chi connectivity index (χ0v) is 7.50. The Kier molecular flexibility index (Phi) is 3.75. The van der Waals surface area contributed by atoms with Crippen LogP contribution in [-0.4, -0.2) is 11.6 Å². The van der Waals surface area contributed by atoms with Gasteiger partial charge in [0.2, 0.25) is 0 Å². The third-order valence-electron chi connectivity index (χ3n) is 0.891. The average Bonchev–Trinajstić information content (AvgIpc) is 1.84. The predicted octanol–water partition coefficient (Wildman–Crippen LogP) is 1.24. The van der Waals surface area contributed by atoms with Crippen LogP contribution in [0.25, 0.3) is 0 Å². The van der Waals surface area contributed by atoms with Gasteiger partial charge in [-0.1, -0.05) is 0 Å². The maximum Gasteiger partial charge on any atom is 0.167 e. The summed E-state index contributed by atoms with van der Waals surface area (Å²) in [7, 11) is 0. The van der Waals surface area contributed by atoms with Crippen molar-refractivity contribution in [2.24, 2.45) is 0 Å². The van der Waals surface area contributed by atoms with E-state index in [2.05, 4.69) is 25.3 Å². The van der Waals surface area contributed by atoms with Crippen LogP contribution in [-0.2, 0) is 9.59 Å². The van der Waals surface area contributed by atoms with Gasteiger partial charge in [0.1, 0.15) is 0 Å². The molecule has 0 amide bonds. The number of thiol groups is 2. The molecule has 0 N–H and O–H groups in total. The predicted molar refractivity (Wildman–Crippen MR) is 46.4 cm³/mol. The summed E-state index contributed by atoms with van der Waals surface area (Å²) in [6.45, 7) is 2.67. The van der Waals surface area contributed by atoms with Gasteiger partial charge in [-0.3, -0.25) is 9.59 Å². The van der Waals surface area contributed by atoms with Gasteiger partial charge in [-0.15, -0.1) is 25.3 Å². The minimum atomic E-state index is -0.247. The van der Waals surface area contributed by atoms with Crippen molar-refractivity contribution in [3.63, 3.8) is 0 Å². The number of hydrogen-bond acceptors (Lipinski definition) is 4. The summed E-state index contributed by atoms with van der Waals surface area (Å²) in [5.74, 6) is -0.493. The van der Waals surface area contributed by atoms with Gasteiger partial charge in [-0.25, -0.2) is 0 Å². The lowest BCUT2D eigenvalue weighted by molar-refractivity contribution is -0.115. The van der Waals surface area contributed by atoms with Crippen LogP contribution in [0.4, 0.5) is 0 Å². The Morgan fingerprint density at radius 1 is 0.900 bits per heavy atom. The zero-order valence-electron chi connectivity index (χ0n) is 5.71. The van der Waals surface area contributed by atoms with E-state index in [1.165, 1.54) is 13.8 Å². The van der Waals surface area contributed by atoms with Gasteiger partial charge in [0.05, 0.1) is 9.81 Å². The highest BCUT2D eigenvalue weighted by atomic mass is 32.1. The number of Topliss-reactive ketones (excluding diaryl/α,β-unsaturated/α-hetero) is 2. The second kappa shape index (κ2) is 3.83. The number of rotatable bonds is 2. The van der Waals surface area contributed by atoms with E-state index in [-0.39, 0.29) is 21.4 Å². The molecule has 0 spiro atoms. The third-order valence-corrected chi connectivity index (χ3v) is 2.14. The molecule has 0 aliphatic heterocycles. The average molecular weight is 176 g/mol. The molecule has 0 fully saturated rings. The summed E-state index contributed by atoms with van der Waals surface area (Å²) < 4.78 is 0. The fraction of sp³-hybridized carbons (Fsp3) is 0.333. The Labute approximate surface area is 70.5 Å². The van der Waals surface area contributed by atoms with Crippen molar-refractivity contribution in [3.05, 3.63) is 9.81 Å². The largest absolute Gasteiger partial charge is 0.294 e. The van der Waals surface area contributed by atoms with Gasteiger partial charge in [0.15, 0.2) is 11.6 Å². The molecular formula is C6H8O2S2. The van der Waals surface area contributed by atoms with Crippen LogP contribution < -0.4 is 0 Å². The molecule has 0 aromatic carbocycles. The fourth-order valence-corrected chi connectivity index (χ4v) is 0.648. The topological polar surface area (TPSA) is 34.1 Å². The van der Waals surface area contributed by atoms with Crippen molar-refractivity contribution in [1.82, 2.24) is 0 Å². The third kappa shape index (κ3) is 2.58. The molecule has 10 heavy (non-hydrogen) atoms. The maximum atomic E-state index is 10.6. The molecule has 2 nitrogen and oxygen atoms in total. The Bertz CT molecular complexity index is 184. The first-order valence-electron chi connectivity index (χ1n) is 2.61. The number of hydrogen-bond donors (Lipinski definition) is 2. The first-order chi connectivity index (χ1) is 4.46. The van der Waals surface area contributed by atoms with E-state index in [0.29, 0.717) is 0 Å². The van der Waals surface area contributed by atoms with Crippen molar-refractivity contribution in [2.45, 2.75) is 13.8 Å². The zero-order chi connectivity index (χ0) is 8.31. The van der Waals surface area contributed by atoms with Crippen LogP contribution in [0.2, 0.25) is 0 Å². The lowest BCUT2D eigenvalue weighted by atomic mass is 10.3. The molecule has 0 heterocycles. The molecule has 0 aromatic heterocycles. The van der Waals surface area contributed by atoms with Crippen molar-refractivity contribution in [1.29, 1.82) is 0 Å². The highest BCUT2D eigenvalue weighted by Gasteiger charge is 2.07. The van der Waals surface area contributed by atoms with Crippen molar-refractivity contribution in [2.75, 3.05) is 0 Å². The van der Waals surface area contributed by atoms with E-state index in [4.69, 9.17) is 0 Å². The van der Waals surface area contributed by atoms with Crippen LogP contribution in [0.5, 0.6) is 0 Å². The molecule has 0 atom stereocenters. The molecule has 0 bridgehead atoms. The van der Waals surface area contributed by atoms with E-state index >= 15 is 0 Å². The van der Waals surface area contributed by atoms with Crippen molar-refractivity contribution >= 4 is 36.8 Å². The molecule has 0 saturated heterocycles. The second-order valence-electron chi connectivity index (χ2n) is 1.81.